The summed E-state index contributed by atoms with van der Waals surface area (Å²) in [7, 11) is 0. The highest BCUT2D eigenvalue weighted by Crippen LogP contribution is 2.31. The number of nitrogens with zero attached hydrogens (tertiary/aromatic N) is 3. The van der Waals surface area contributed by atoms with Gasteiger partial charge in [0.25, 0.3) is 5.91 Å². The van der Waals surface area contributed by atoms with E-state index in [2.05, 4.69) is 44.5 Å². The summed E-state index contributed by atoms with van der Waals surface area (Å²) in [5, 5.41) is 6.44. The first kappa shape index (κ1) is 20.8. The average molecular weight is 443 g/mol. The van der Waals surface area contributed by atoms with E-state index < -0.39 is 0 Å². The zero-order valence-corrected chi connectivity index (χ0v) is 18.7. The molecule has 0 radical (unpaired) electrons. The summed E-state index contributed by atoms with van der Waals surface area (Å²) in [4.78, 5) is 25.2. The van der Waals surface area contributed by atoms with E-state index >= 15 is 0 Å². The van der Waals surface area contributed by atoms with Gasteiger partial charge in [-0.1, -0.05) is 30.3 Å². The fraction of sp³-hybridized carbons (Fsp3) is 0.269. The molecule has 0 unspecified atom stereocenters. The molecule has 4 heterocycles. The van der Waals surface area contributed by atoms with Crippen LogP contribution in [0.5, 0.6) is 0 Å². The van der Waals surface area contributed by atoms with Crippen LogP contribution in [0.25, 0.3) is 10.9 Å². The van der Waals surface area contributed by atoms with Crippen LogP contribution in [-0.2, 0) is 6.54 Å². The number of carbonyl (C=O) groups excluding carboxylic acids is 1. The first-order valence-electron chi connectivity index (χ1n) is 11.1. The smallest absolute Gasteiger partial charge is 0.261 e. The van der Waals surface area contributed by atoms with Gasteiger partial charge in [-0.25, -0.2) is 0 Å². The second-order valence-electron chi connectivity index (χ2n) is 8.31. The Balaban J connectivity index is 1.36. The van der Waals surface area contributed by atoms with Crippen LogP contribution in [0.15, 0.2) is 78.4 Å². The zero-order chi connectivity index (χ0) is 21.8. The van der Waals surface area contributed by atoms with E-state index in [4.69, 9.17) is 0 Å². The maximum absolute atomic E-state index is 12.9. The molecular formula is C26H26N4OS. The number of hydrogen-bond donors (Lipinski definition) is 1. The van der Waals surface area contributed by atoms with Crippen LogP contribution in [0.1, 0.15) is 39.8 Å². The number of fused-ring (bicyclic) bond motifs is 1. The molecule has 0 saturated carbocycles. The van der Waals surface area contributed by atoms with Gasteiger partial charge < -0.3 is 5.32 Å². The van der Waals surface area contributed by atoms with Crippen LogP contribution in [0, 0.1) is 5.92 Å². The number of aromatic nitrogens is 2. The van der Waals surface area contributed by atoms with E-state index in [-0.39, 0.29) is 11.9 Å². The predicted octanol–water partition coefficient (Wildman–Crippen LogP) is 5.07. The van der Waals surface area contributed by atoms with E-state index in [0.29, 0.717) is 5.92 Å². The Morgan fingerprint density at radius 3 is 2.84 bits per heavy atom. The van der Waals surface area contributed by atoms with Crippen LogP contribution in [0.2, 0.25) is 0 Å². The van der Waals surface area contributed by atoms with Crippen LogP contribution in [-0.4, -0.2) is 33.9 Å². The van der Waals surface area contributed by atoms with Crippen molar-refractivity contribution in [2.24, 2.45) is 5.92 Å². The van der Waals surface area contributed by atoms with E-state index in [1.54, 1.807) is 0 Å². The number of nitrogens with one attached hydrogen (secondary N) is 1. The number of thiophene rings is 1. The minimum Gasteiger partial charge on any atom is -0.343 e. The predicted molar refractivity (Wildman–Crippen MR) is 129 cm³/mol. The number of rotatable bonds is 6. The molecule has 0 spiro atoms. The summed E-state index contributed by atoms with van der Waals surface area (Å²) in [5.41, 5.74) is 3.26. The Morgan fingerprint density at radius 1 is 1.06 bits per heavy atom. The normalized spacial score (nSPS) is 17.8. The molecule has 0 aliphatic carbocycles. The second kappa shape index (κ2) is 9.59. The quantitative estimate of drug-likeness (QED) is 0.453. The lowest BCUT2D eigenvalue weighted by atomic mass is 9.88. The third-order valence-corrected chi connectivity index (χ3v) is 7.05. The highest BCUT2D eigenvalue weighted by Gasteiger charge is 2.31. The number of pyridine rings is 2. The van der Waals surface area contributed by atoms with Crippen molar-refractivity contribution >= 4 is 28.1 Å². The topological polar surface area (TPSA) is 58.1 Å². The van der Waals surface area contributed by atoms with Gasteiger partial charge >= 0.3 is 0 Å². The highest BCUT2D eigenvalue weighted by molar-refractivity contribution is 7.12. The maximum atomic E-state index is 12.9. The molecule has 1 N–H and O–H groups in total. The molecule has 1 aliphatic heterocycles. The minimum atomic E-state index is -0.109. The lowest BCUT2D eigenvalue weighted by Crippen LogP contribution is -2.43. The highest BCUT2D eigenvalue weighted by atomic mass is 32.1. The summed E-state index contributed by atoms with van der Waals surface area (Å²) in [5.74, 6) is 0.281. The van der Waals surface area contributed by atoms with E-state index in [1.165, 1.54) is 22.3 Å². The number of hydrogen-bond acceptors (Lipinski definition) is 5. The fourth-order valence-corrected chi connectivity index (χ4v) is 5.29. The first-order valence-corrected chi connectivity index (χ1v) is 12.0. The van der Waals surface area contributed by atoms with Crippen molar-refractivity contribution in [2.75, 3.05) is 13.1 Å². The number of piperidine rings is 1. The van der Waals surface area contributed by atoms with Gasteiger partial charge in [-0.3, -0.25) is 19.7 Å². The van der Waals surface area contributed by atoms with E-state index in [9.17, 15) is 4.79 Å². The van der Waals surface area contributed by atoms with Gasteiger partial charge in [-0.2, -0.15) is 0 Å². The molecule has 6 heteroatoms. The number of carbonyl (C=O) groups is 1. The Kier molecular flexibility index (Phi) is 6.23. The standard InChI is InChI=1S/C26H26N4OS/c31-26(24-12-6-16-32-24)29-25(23-10-1-2-13-28-23)20-8-5-15-30(18-20)17-19-7-3-11-22-21(19)9-4-14-27-22/h1-4,6-7,9-14,16,20,25H,5,8,15,17-18H2,(H,29,31)/t20-,25+/m1/s1. The van der Waals surface area contributed by atoms with E-state index in [0.717, 1.165) is 48.6 Å². The van der Waals surface area contributed by atoms with Gasteiger partial charge in [-0.05, 0) is 66.6 Å². The molecule has 1 fully saturated rings. The molecule has 1 saturated heterocycles. The molecule has 1 amide bonds. The van der Waals surface area contributed by atoms with Crippen molar-refractivity contribution in [3.8, 4) is 0 Å². The van der Waals surface area contributed by atoms with Crippen molar-refractivity contribution in [1.29, 1.82) is 0 Å². The summed E-state index contributed by atoms with van der Waals surface area (Å²) in [6.45, 7) is 2.86. The van der Waals surface area contributed by atoms with Crippen LogP contribution < -0.4 is 5.32 Å². The summed E-state index contributed by atoms with van der Waals surface area (Å²) < 4.78 is 0. The molecule has 32 heavy (non-hydrogen) atoms. The van der Waals surface area contributed by atoms with Crippen molar-refractivity contribution in [3.05, 3.63) is 94.6 Å². The lowest BCUT2D eigenvalue weighted by Gasteiger charge is -2.37. The van der Waals surface area contributed by atoms with Gasteiger partial charge in [-0.15, -0.1) is 11.3 Å². The van der Waals surface area contributed by atoms with Crippen molar-refractivity contribution in [1.82, 2.24) is 20.2 Å². The molecule has 5 nitrogen and oxygen atoms in total. The number of benzene rings is 1. The Bertz CT molecular complexity index is 1170. The largest absolute Gasteiger partial charge is 0.343 e. The van der Waals surface area contributed by atoms with Crippen LogP contribution >= 0.6 is 11.3 Å². The Labute approximate surface area is 192 Å². The van der Waals surface area contributed by atoms with E-state index in [1.807, 2.05) is 54.2 Å². The molecular weight excluding hydrogens is 416 g/mol. The zero-order valence-electron chi connectivity index (χ0n) is 17.9. The monoisotopic (exact) mass is 442 g/mol. The second-order valence-corrected chi connectivity index (χ2v) is 9.26. The van der Waals surface area contributed by atoms with Crippen molar-refractivity contribution < 1.29 is 4.79 Å². The molecule has 0 bridgehead atoms. The Hall–Kier alpha value is -3.09. The van der Waals surface area contributed by atoms with Crippen molar-refractivity contribution in [2.45, 2.75) is 25.4 Å². The molecule has 5 rings (SSSR count). The molecule has 1 aromatic carbocycles. The molecule has 3 aromatic heterocycles. The average Bonchev–Trinajstić information content (AvgIpc) is 3.39. The summed E-state index contributed by atoms with van der Waals surface area (Å²) >= 11 is 1.47. The fourth-order valence-electron chi connectivity index (χ4n) is 4.67. The molecule has 4 aromatic rings. The number of likely N-dealkylation sites (tertiary alicyclic amines) is 1. The van der Waals surface area contributed by atoms with Gasteiger partial charge in [0, 0.05) is 30.9 Å². The van der Waals surface area contributed by atoms with Crippen molar-refractivity contribution in [3.63, 3.8) is 0 Å². The van der Waals surface area contributed by atoms with Gasteiger partial charge in [0.15, 0.2) is 0 Å². The molecule has 2 atom stereocenters. The lowest BCUT2D eigenvalue weighted by molar-refractivity contribution is 0.0879. The SMILES string of the molecule is O=C(N[C@H](c1ccccn1)[C@@H]1CCCN(Cc2cccc3ncccc23)C1)c1cccs1. The van der Waals surface area contributed by atoms with Gasteiger partial charge in [0.2, 0.25) is 0 Å². The van der Waals surface area contributed by atoms with Gasteiger partial charge in [0.1, 0.15) is 0 Å². The first-order chi connectivity index (χ1) is 15.8. The minimum absolute atomic E-state index is 0.0205. The summed E-state index contributed by atoms with van der Waals surface area (Å²) in [6, 6.07) is 20.1. The third-order valence-electron chi connectivity index (χ3n) is 6.18. The maximum Gasteiger partial charge on any atom is 0.261 e. The molecule has 162 valence electrons. The van der Waals surface area contributed by atoms with Gasteiger partial charge in [0.05, 0.1) is 22.1 Å². The Morgan fingerprint density at radius 2 is 2.00 bits per heavy atom. The van der Waals surface area contributed by atoms with Crippen LogP contribution in [0.4, 0.5) is 0 Å². The number of amides is 1. The summed E-state index contributed by atoms with van der Waals surface area (Å²) in [6.07, 6.45) is 5.82. The molecule has 1 aliphatic rings. The third kappa shape index (κ3) is 4.56. The van der Waals surface area contributed by atoms with Crippen LogP contribution in [0.3, 0.4) is 0 Å².